The number of rotatable bonds is 2. The van der Waals surface area contributed by atoms with Gasteiger partial charge >= 0.3 is 12.7 Å². The van der Waals surface area contributed by atoms with Crippen LogP contribution in [0.15, 0.2) is 36.4 Å². The minimum absolute atomic E-state index is 0.293. The lowest BCUT2D eigenvalue weighted by molar-refractivity contribution is -0.275. The zero-order valence-electron chi connectivity index (χ0n) is 9.55. The zero-order valence-corrected chi connectivity index (χ0v) is 9.55. The van der Waals surface area contributed by atoms with Crippen LogP contribution in [0, 0.1) is 0 Å². The third-order valence-corrected chi connectivity index (χ3v) is 2.25. The highest BCUT2D eigenvalue weighted by molar-refractivity contribution is 5.85. The molecule has 0 fully saturated rings. The van der Waals surface area contributed by atoms with Crippen molar-refractivity contribution in [3.8, 4) is 11.5 Å². The summed E-state index contributed by atoms with van der Waals surface area (Å²) in [5.74, 6) is -0.899. The van der Waals surface area contributed by atoms with Crippen LogP contribution in [0.1, 0.15) is 0 Å². The van der Waals surface area contributed by atoms with E-state index in [9.17, 15) is 26.3 Å². The molecule has 0 unspecified atom stereocenters. The Bertz CT molecular complexity index is 562. The number of fused-ring (bicyclic) bond motifs is 1. The zero-order chi connectivity index (χ0) is 15.0. The maximum atomic E-state index is 12.0. The van der Waals surface area contributed by atoms with E-state index < -0.39 is 24.2 Å². The van der Waals surface area contributed by atoms with Gasteiger partial charge in [0.15, 0.2) is 0 Å². The fourth-order valence-electron chi connectivity index (χ4n) is 1.60. The van der Waals surface area contributed by atoms with E-state index in [1.54, 1.807) is 0 Å². The molecule has 0 spiro atoms. The minimum atomic E-state index is -4.83. The Labute approximate surface area is 108 Å². The van der Waals surface area contributed by atoms with Gasteiger partial charge in [0, 0.05) is 0 Å². The SMILES string of the molecule is FC(F)(F)Oc1ccc2cc(OC(F)(F)F)ccc2c1. The molecule has 0 aliphatic rings. The number of hydrogen-bond acceptors (Lipinski definition) is 2. The summed E-state index contributed by atoms with van der Waals surface area (Å²) >= 11 is 0. The molecule has 0 bridgehead atoms. The van der Waals surface area contributed by atoms with E-state index in [0.717, 1.165) is 24.3 Å². The summed E-state index contributed by atoms with van der Waals surface area (Å²) in [7, 11) is 0. The summed E-state index contributed by atoms with van der Waals surface area (Å²) in [4.78, 5) is 0. The normalized spacial score (nSPS) is 12.5. The molecule has 2 aromatic rings. The fourth-order valence-corrected chi connectivity index (χ4v) is 1.60. The van der Waals surface area contributed by atoms with E-state index >= 15 is 0 Å². The van der Waals surface area contributed by atoms with Crippen molar-refractivity contribution in [2.45, 2.75) is 12.7 Å². The molecule has 0 aliphatic heterocycles. The highest BCUT2D eigenvalue weighted by Gasteiger charge is 2.32. The molecular weight excluding hydrogens is 290 g/mol. The predicted molar refractivity (Wildman–Crippen MR) is 57.3 cm³/mol. The van der Waals surface area contributed by atoms with Crippen molar-refractivity contribution < 1.29 is 35.8 Å². The van der Waals surface area contributed by atoms with Gasteiger partial charge in [-0.05, 0) is 35.0 Å². The van der Waals surface area contributed by atoms with Crippen molar-refractivity contribution in [3.05, 3.63) is 36.4 Å². The molecule has 0 saturated heterocycles. The van der Waals surface area contributed by atoms with Crippen molar-refractivity contribution in [3.63, 3.8) is 0 Å². The number of ether oxygens (including phenoxy) is 2. The molecule has 0 atom stereocenters. The Morgan fingerprint density at radius 1 is 0.600 bits per heavy atom. The van der Waals surface area contributed by atoms with Crippen molar-refractivity contribution in [2.75, 3.05) is 0 Å². The van der Waals surface area contributed by atoms with Crippen LogP contribution in [-0.2, 0) is 0 Å². The highest BCUT2D eigenvalue weighted by Crippen LogP contribution is 2.30. The molecule has 0 N–H and O–H groups in total. The van der Waals surface area contributed by atoms with E-state index in [2.05, 4.69) is 9.47 Å². The Morgan fingerprint density at radius 3 is 1.25 bits per heavy atom. The summed E-state index contributed by atoms with van der Waals surface area (Å²) in [5.41, 5.74) is 0. The Morgan fingerprint density at radius 2 is 0.950 bits per heavy atom. The van der Waals surface area contributed by atoms with E-state index in [0.29, 0.717) is 10.8 Å². The van der Waals surface area contributed by atoms with Crippen LogP contribution in [0.4, 0.5) is 26.3 Å². The first-order chi connectivity index (χ1) is 9.12. The van der Waals surface area contributed by atoms with Gasteiger partial charge in [-0.3, -0.25) is 0 Å². The molecule has 0 radical (unpaired) electrons. The summed E-state index contributed by atoms with van der Waals surface area (Å²) in [6.45, 7) is 0. The molecule has 0 saturated carbocycles. The molecule has 20 heavy (non-hydrogen) atoms. The Balaban J connectivity index is 2.30. The standard InChI is InChI=1S/C12H6F6O2/c13-11(14,15)19-9-3-1-7-5-10(20-12(16,17)18)4-2-8(7)6-9/h1-6H. The molecule has 2 aromatic carbocycles. The number of hydrogen-bond donors (Lipinski definition) is 0. The van der Waals surface area contributed by atoms with Crippen LogP contribution in [0.25, 0.3) is 10.8 Å². The third-order valence-electron chi connectivity index (χ3n) is 2.25. The second-order valence-electron chi connectivity index (χ2n) is 3.77. The van der Waals surface area contributed by atoms with Crippen molar-refractivity contribution in [1.82, 2.24) is 0 Å². The average molecular weight is 296 g/mol. The second kappa shape index (κ2) is 4.77. The van der Waals surface area contributed by atoms with Gasteiger partial charge in [-0.15, -0.1) is 26.3 Å². The van der Waals surface area contributed by atoms with Gasteiger partial charge in [0.25, 0.3) is 0 Å². The van der Waals surface area contributed by atoms with Gasteiger partial charge in [-0.25, -0.2) is 0 Å². The van der Waals surface area contributed by atoms with E-state index in [1.165, 1.54) is 12.1 Å². The summed E-state index contributed by atoms with van der Waals surface area (Å²) in [5, 5.41) is 0.586. The van der Waals surface area contributed by atoms with Gasteiger partial charge in [0.05, 0.1) is 0 Å². The lowest BCUT2D eigenvalue weighted by atomic mass is 10.1. The lowest BCUT2D eigenvalue weighted by Gasteiger charge is -2.11. The number of benzene rings is 2. The van der Waals surface area contributed by atoms with Crippen LogP contribution in [0.5, 0.6) is 11.5 Å². The predicted octanol–water partition coefficient (Wildman–Crippen LogP) is 4.64. The molecule has 0 heterocycles. The van der Waals surface area contributed by atoms with Crippen LogP contribution in [0.3, 0.4) is 0 Å². The first-order valence-electron chi connectivity index (χ1n) is 5.18. The monoisotopic (exact) mass is 296 g/mol. The summed E-state index contributed by atoms with van der Waals surface area (Å²) < 4.78 is 79.6. The fraction of sp³-hybridized carbons (Fsp3) is 0.167. The lowest BCUT2D eigenvalue weighted by Crippen LogP contribution is -2.17. The van der Waals surface area contributed by atoms with Crippen LogP contribution < -0.4 is 9.47 Å². The minimum Gasteiger partial charge on any atom is -0.406 e. The smallest absolute Gasteiger partial charge is 0.406 e. The highest BCUT2D eigenvalue weighted by atomic mass is 19.4. The van der Waals surface area contributed by atoms with Gasteiger partial charge in [-0.1, -0.05) is 12.1 Å². The van der Waals surface area contributed by atoms with Gasteiger partial charge in [0.2, 0.25) is 0 Å². The van der Waals surface area contributed by atoms with E-state index in [-0.39, 0.29) is 0 Å². The molecular formula is C12H6F6O2. The maximum Gasteiger partial charge on any atom is 0.573 e. The van der Waals surface area contributed by atoms with Crippen molar-refractivity contribution >= 4 is 10.8 Å². The van der Waals surface area contributed by atoms with Crippen molar-refractivity contribution in [2.24, 2.45) is 0 Å². The van der Waals surface area contributed by atoms with Gasteiger partial charge in [0.1, 0.15) is 11.5 Å². The first kappa shape index (κ1) is 14.3. The van der Waals surface area contributed by atoms with Crippen LogP contribution in [0.2, 0.25) is 0 Å². The maximum absolute atomic E-state index is 12.0. The third kappa shape index (κ3) is 3.94. The largest absolute Gasteiger partial charge is 0.573 e. The summed E-state index contributed by atoms with van der Waals surface area (Å²) in [6.07, 6.45) is -9.65. The molecule has 8 heteroatoms. The van der Waals surface area contributed by atoms with Gasteiger partial charge < -0.3 is 9.47 Å². The molecule has 2 nitrogen and oxygen atoms in total. The molecule has 0 aromatic heterocycles. The first-order valence-corrected chi connectivity index (χ1v) is 5.18. The van der Waals surface area contributed by atoms with Crippen molar-refractivity contribution in [1.29, 1.82) is 0 Å². The topological polar surface area (TPSA) is 18.5 Å². The molecule has 0 amide bonds. The summed E-state index contributed by atoms with van der Waals surface area (Å²) in [6, 6.07) is 6.57. The number of halogens is 6. The number of alkyl halides is 6. The second-order valence-corrected chi connectivity index (χ2v) is 3.77. The average Bonchev–Trinajstić information content (AvgIpc) is 2.25. The van der Waals surface area contributed by atoms with E-state index in [4.69, 9.17) is 0 Å². The van der Waals surface area contributed by atoms with Gasteiger partial charge in [-0.2, -0.15) is 0 Å². The quantitative estimate of drug-likeness (QED) is 0.752. The molecule has 2 rings (SSSR count). The van der Waals surface area contributed by atoms with Crippen LogP contribution in [-0.4, -0.2) is 12.7 Å². The Kier molecular flexibility index (Phi) is 3.41. The van der Waals surface area contributed by atoms with Crippen LogP contribution >= 0.6 is 0 Å². The molecule has 0 aliphatic carbocycles. The van der Waals surface area contributed by atoms with E-state index in [1.807, 2.05) is 0 Å². The molecule has 108 valence electrons. The Hall–Kier alpha value is -2.12.